The zero-order chi connectivity index (χ0) is 12.7. The number of amides is 1. The van der Waals surface area contributed by atoms with Crippen LogP contribution in [-0.4, -0.2) is 44.0 Å². The van der Waals surface area contributed by atoms with E-state index < -0.39 is 0 Å². The van der Waals surface area contributed by atoms with E-state index in [1.807, 2.05) is 21.0 Å². The molecule has 0 aliphatic rings. The Labute approximate surface area is 99.6 Å². The van der Waals surface area contributed by atoms with Crippen LogP contribution in [0, 0.1) is 11.8 Å². The number of hydrogen-bond acceptors (Lipinski definition) is 3. The van der Waals surface area contributed by atoms with Crippen molar-refractivity contribution in [3.8, 4) is 0 Å². The van der Waals surface area contributed by atoms with Crippen molar-refractivity contribution in [3.05, 3.63) is 0 Å². The standard InChI is InChI=1S/C12H27N3O/c1-6-10(7-13)12(16)14-11(9(2)3)8-15(4)5/h9-11H,6-8,13H2,1-5H3,(H,14,16). The summed E-state index contributed by atoms with van der Waals surface area (Å²) in [7, 11) is 4.03. The lowest BCUT2D eigenvalue weighted by Crippen LogP contribution is -2.48. The Morgan fingerprint density at radius 1 is 1.38 bits per heavy atom. The summed E-state index contributed by atoms with van der Waals surface area (Å²) in [5, 5.41) is 3.09. The topological polar surface area (TPSA) is 58.4 Å². The fourth-order valence-electron chi connectivity index (χ4n) is 1.58. The maximum Gasteiger partial charge on any atom is 0.224 e. The number of nitrogens with zero attached hydrogens (tertiary/aromatic N) is 1. The minimum atomic E-state index is -0.0524. The van der Waals surface area contributed by atoms with Crippen molar-refractivity contribution in [3.63, 3.8) is 0 Å². The van der Waals surface area contributed by atoms with E-state index in [9.17, 15) is 4.79 Å². The van der Waals surface area contributed by atoms with Crippen molar-refractivity contribution in [1.29, 1.82) is 0 Å². The number of carbonyl (C=O) groups is 1. The number of likely N-dealkylation sites (N-methyl/N-ethyl adjacent to an activating group) is 1. The third kappa shape index (κ3) is 5.47. The van der Waals surface area contributed by atoms with Gasteiger partial charge in [0.15, 0.2) is 0 Å². The first-order chi connectivity index (χ1) is 7.42. The van der Waals surface area contributed by atoms with Crippen molar-refractivity contribution in [1.82, 2.24) is 10.2 Å². The molecule has 0 aromatic rings. The number of carbonyl (C=O) groups excluding carboxylic acids is 1. The van der Waals surface area contributed by atoms with Crippen LogP contribution >= 0.6 is 0 Å². The largest absolute Gasteiger partial charge is 0.352 e. The summed E-state index contributed by atoms with van der Waals surface area (Å²) >= 11 is 0. The average molecular weight is 229 g/mol. The predicted octanol–water partition coefficient (Wildman–Crippen LogP) is 0.674. The predicted molar refractivity (Wildman–Crippen MR) is 68.2 cm³/mol. The van der Waals surface area contributed by atoms with Crippen molar-refractivity contribution in [2.75, 3.05) is 27.2 Å². The van der Waals surface area contributed by atoms with E-state index in [-0.39, 0.29) is 17.9 Å². The van der Waals surface area contributed by atoms with Gasteiger partial charge in [0.25, 0.3) is 0 Å². The molecule has 3 N–H and O–H groups in total. The Morgan fingerprint density at radius 3 is 2.25 bits per heavy atom. The highest BCUT2D eigenvalue weighted by molar-refractivity contribution is 5.79. The van der Waals surface area contributed by atoms with E-state index in [0.717, 1.165) is 13.0 Å². The Hall–Kier alpha value is -0.610. The smallest absolute Gasteiger partial charge is 0.224 e. The second-order valence-electron chi connectivity index (χ2n) is 4.96. The van der Waals surface area contributed by atoms with Crippen LogP contribution in [0.25, 0.3) is 0 Å². The molecule has 1 amide bonds. The van der Waals surface area contributed by atoms with Gasteiger partial charge in [0.05, 0.1) is 0 Å². The molecule has 0 rings (SSSR count). The Morgan fingerprint density at radius 2 is 1.94 bits per heavy atom. The van der Waals surface area contributed by atoms with Crippen LogP contribution in [0.15, 0.2) is 0 Å². The van der Waals surface area contributed by atoms with Crippen LogP contribution in [0.4, 0.5) is 0 Å². The Bertz CT molecular complexity index is 200. The van der Waals surface area contributed by atoms with E-state index in [1.165, 1.54) is 0 Å². The van der Waals surface area contributed by atoms with Gasteiger partial charge in [-0.3, -0.25) is 4.79 Å². The summed E-state index contributed by atoms with van der Waals surface area (Å²) in [6.45, 7) is 7.53. The Kier molecular flexibility index (Phi) is 7.34. The van der Waals surface area contributed by atoms with Gasteiger partial charge in [-0.2, -0.15) is 0 Å². The minimum Gasteiger partial charge on any atom is -0.352 e. The molecule has 96 valence electrons. The van der Waals surface area contributed by atoms with Crippen molar-refractivity contribution < 1.29 is 4.79 Å². The molecule has 4 nitrogen and oxygen atoms in total. The molecule has 2 unspecified atom stereocenters. The van der Waals surface area contributed by atoms with Gasteiger partial charge in [0.1, 0.15) is 0 Å². The second-order valence-corrected chi connectivity index (χ2v) is 4.96. The third-order valence-electron chi connectivity index (χ3n) is 2.84. The van der Waals surface area contributed by atoms with E-state index in [4.69, 9.17) is 5.73 Å². The first-order valence-corrected chi connectivity index (χ1v) is 6.07. The van der Waals surface area contributed by atoms with Crippen molar-refractivity contribution in [2.24, 2.45) is 17.6 Å². The van der Waals surface area contributed by atoms with Gasteiger partial charge >= 0.3 is 0 Å². The molecule has 4 heteroatoms. The zero-order valence-electron chi connectivity index (χ0n) is 11.3. The van der Waals surface area contributed by atoms with Gasteiger partial charge in [-0.25, -0.2) is 0 Å². The highest BCUT2D eigenvalue weighted by atomic mass is 16.2. The first-order valence-electron chi connectivity index (χ1n) is 6.07. The Balaban J connectivity index is 4.33. The fraction of sp³-hybridized carbons (Fsp3) is 0.917. The summed E-state index contributed by atoms with van der Waals surface area (Å²) in [6, 6.07) is 0.197. The third-order valence-corrected chi connectivity index (χ3v) is 2.84. The van der Waals surface area contributed by atoms with Gasteiger partial charge < -0.3 is 16.0 Å². The molecule has 0 aliphatic carbocycles. The maximum atomic E-state index is 11.9. The quantitative estimate of drug-likeness (QED) is 0.675. The molecule has 0 bridgehead atoms. The highest BCUT2D eigenvalue weighted by Crippen LogP contribution is 2.06. The lowest BCUT2D eigenvalue weighted by atomic mass is 10.0. The molecular formula is C12H27N3O. The summed E-state index contributed by atoms with van der Waals surface area (Å²) in [5.41, 5.74) is 5.57. The molecule has 0 fully saturated rings. The molecule has 0 aromatic carbocycles. The molecule has 0 aliphatic heterocycles. The van der Waals surface area contributed by atoms with Crippen LogP contribution in [0.1, 0.15) is 27.2 Å². The highest BCUT2D eigenvalue weighted by Gasteiger charge is 2.21. The summed E-state index contributed by atoms with van der Waals surface area (Å²) in [6.07, 6.45) is 0.801. The van der Waals surface area contributed by atoms with Crippen LogP contribution < -0.4 is 11.1 Å². The van der Waals surface area contributed by atoms with E-state index in [2.05, 4.69) is 24.1 Å². The monoisotopic (exact) mass is 229 g/mol. The average Bonchev–Trinajstić information content (AvgIpc) is 2.17. The molecule has 0 radical (unpaired) electrons. The number of nitrogens with one attached hydrogen (secondary N) is 1. The summed E-state index contributed by atoms with van der Waals surface area (Å²) in [4.78, 5) is 14.0. The van der Waals surface area contributed by atoms with Gasteiger partial charge in [0, 0.05) is 25.0 Å². The molecule has 2 atom stereocenters. The molecule has 0 aromatic heterocycles. The van der Waals surface area contributed by atoms with Crippen LogP contribution in [0.3, 0.4) is 0 Å². The van der Waals surface area contributed by atoms with Crippen LogP contribution in [0.5, 0.6) is 0 Å². The maximum absolute atomic E-state index is 11.9. The van der Waals surface area contributed by atoms with Crippen LogP contribution in [-0.2, 0) is 4.79 Å². The molecule has 0 saturated carbocycles. The number of rotatable bonds is 7. The molecule has 0 spiro atoms. The first kappa shape index (κ1) is 15.4. The van der Waals surface area contributed by atoms with Gasteiger partial charge in [-0.15, -0.1) is 0 Å². The molecule has 16 heavy (non-hydrogen) atoms. The van der Waals surface area contributed by atoms with E-state index in [1.54, 1.807) is 0 Å². The normalized spacial score (nSPS) is 15.2. The minimum absolute atomic E-state index is 0.0524. The van der Waals surface area contributed by atoms with Crippen molar-refractivity contribution >= 4 is 5.91 Å². The van der Waals surface area contributed by atoms with Gasteiger partial charge in [-0.1, -0.05) is 20.8 Å². The molecule has 0 heterocycles. The lowest BCUT2D eigenvalue weighted by molar-refractivity contribution is -0.125. The fourth-order valence-corrected chi connectivity index (χ4v) is 1.58. The van der Waals surface area contributed by atoms with E-state index in [0.29, 0.717) is 12.5 Å². The van der Waals surface area contributed by atoms with Gasteiger partial charge in [0.2, 0.25) is 5.91 Å². The SMILES string of the molecule is CCC(CN)C(=O)NC(CN(C)C)C(C)C. The summed E-state index contributed by atoms with van der Waals surface area (Å²) < 4.78 is 0. The van der Waals surface area contributed by atoms with E-state index >= 15 is 0 Å². The number of hydrogen-bond donors (Lipinski definition) is 2. The lowest BCUT2D eigenvalue weighted by Gasteiger charge is -2.27. The van der Waals surface area contributed by atoms with Crippen molar-refractivity contribution in [2.45, 2.75) is 33.2 Å². The molecule has 0 saturated heterocycles. The van der Waals surface area contributed by atoms with Gasteiger partial charge in [-0.05, 0) is 26.4 Å². The molecular weight excluding hydrogens is 202 g/mol. The number of nitrogens with two attached hydrogens (primary N) is 1. The summed E-state index contributed by atoms with van der Waals surface area (Å²) in [5.74, 6) is 0.468. The second kappa shape index (κ2) is 7.63. The zero-order valence-corrected chi connectivity index (χ0v) is 11.3. The van der Waals surface area contributed by atoms with Crippen LogP contribution in [0.2, 0.25) is 0 Å².